The third-order valence-corrected chi connectivity index (χ3v) is 4.56. The Hall–Kier alpha value is -0.870. The summed E-state index contributed by atoms with van der Waals surface area (Å²) < 4.78 is 7.87. The highest BCUT2D eigenvalue weighted by Gasteiger charge is 2.23. The molecule has 4 heteroatoms. The second-order valence-corrected chi connectivity index (χ2v) is 5.83. The number of benzene rings is 1. The number of halogens is 1. The van der Waals surface area contributed by atoms with Gasteiger partial charge in [-0.2, -0.15) is 0 Å². The third-order valence-electron chi connectivity index (χ3n) is 3.50. The molecule has 0 aliphatic carbocycles. The molecule has 1 aromatic carbocycles. The number of alkyl halides is 1. The minimum Gasteiger partial charge on any atom is -0.376 e. The monoisotopic (exact) mass is 308 g/mol. The molecule has 1 aromatic heterocycles. The van der Waals surface area contributed by atoms with Gasteiger partial charge < -0.3 is 9.30 Å². The van der Waals surface area contributed by atoms with Gasteiger partial charge in [0.25, 0.3) is 0 Å². The SMILES string of the molecule is CC[C@H](Br)c1nc2ccccc2n1C[C@@H]1CCO1. The first-order valence-corrected chi connectivity index (χ1v) is 7.42. The second kappa shape index (κ2) is 5.02. The van der Waals surface area contributed by atoms with Crippen LogP contribution in [-0.4, -0.2) is 22.3 Å². The summed E-state index contributed by atoms with van der Waals surface area (Å²) >= 11 is 3.72. The maximum Gasteiger partial charge on any atom is 0.123 e. The molecule has 0 bridgehead atoms. The molecule has 0 unspecified atom stereocenters. The third kappa shape index (κ3) is 2.08. The van der Waals surface area contributed by atoms with Gasteiger partial charge in [0.15, 0.2) is 0 Å². The number of fused-ring (bicyclic) bond motifs is 1. The zero-order valence-electron chi connectivity index (χ0n) is 10.5. The van der Waals surface area contributed by atoms with E-state index < -0.39 is 0 Å². The van der Waals surface area contributed by atoms with Crippen molar-refractivity contribution in [2.45, 2.75) is 37.2 Å². The number of nitrogens with zero attached hydrogens (tertiary/aromatic N) is 2. The minimum atomic E-state index is 0.310. The number of hydrogen-bond acceptors (Lipinski definition) is 2. The maximum absolute atomic E-state index is 5.56. The van der Waals surface area contributed by atoms with Crippen LogP contribution in [0, 0.1) is 0 Å². The number of ether oxygens (including phenoxy) is 1. The standard InChI is InChI=1S/C14H17BrN2O/c1-2-11(15)14-16-12-5-3-4-6-13(12)17(14)9-10-7-8-18-10/h3-6,10-11H,2,7-9H2,1H3/t10-,11-/m0/s1. The normalized spacial score (nSPS) is 20.9. The molecule has 0 spiro atoms. The largest absolute Gasteiger partial charge is 0.376 e. The first-order valence-electron chi connectivity index (χ1n) is 6.50. The molecular weight excluding hydrogens is 292 g/mol. The fraction of sp³-hybridized carbons (Fsp3) is 0.500. The van der Waals surface area contributed by atoms with Crippen LogP contribution < -0.4 is 0 Å². The van der Waals surface area contributed by atoms with Crippen LogP contribution in [0.3, 0.4) is 0 Å². The van der Waals surface area contributed by atoms with Crippen molar-refractivity contribution < 1.29 is 4.74 Å². The lowest BCUT2D eigenvalue weighted by molar-refractivity contribution is -0.0590. The second-order valence-electron chi connectivity index (χ2n) is 4.73. The van der Waals surface area contributed by atoms with Gasteiger partial charge >= 0.3 is 0 Å². The van der Waals surface area contributed by atoms with Gasteiger partial charge in [0, 0.05) is 6.61 Å². The Kier molecular flexibility index (Phi) is 3.39. The molecule has 0 radical (unpaired) electrons. The van der Waals surface area contributed by atoms with Gasteiger partial charge in [-0.05, 0) is 25.0 Å². The first-order chi connectivity index (χ1) is 8.79. The number of aromatic nitrogens is 2. The van der Waals surface area contributed by atoms with E-state index in [0.717, 1.165) is 37.3 Å². The number of rotatable bonds is 4. The van der Waals surface area contributed by atoms with Crippen molar-refractivity contribution in [2.24, 2.45) is 0 Å². The Morgan fingerprint density at radius 3 is 2.94 bits per heavy atom. The molecule has 0 saturated carbocycles. The molecule has 2 heterocycles. The summed E-state index contributed by atoms with van der Waals surface area (Å²) in [6.07, 6.45) is 2.55. The molecule has 3 rings (SSSR count). The van der Waals surface area contributed by atoms with E-state index >= 15 is 0 Å². The zero-order chi connectivity index (χ0) is 12.5. The van der Waals surface area contributed by atoms with E-state index in [0.29, 0.717) is 10.9 Å². The van der Waals surface area contributed by atoms with Gasteiger partial charge in [0.1, 0.15) is 5.82 Å². The van der Waals surface area contributed by atoms with E-state index in [2.05, 4.69) is 45.6 Å². The van der Waals surface area contributed by atoms with Gasteiger partial charge in [-0.1, -0.05) is 35.0 Å². The van der Waals surface area contributed by atoms with E-state index in [4.69, 9.17) is 9.72 Å². The van der Waals surface area contributed by atoms with E-state index in [1.165, 1.54) is 5.52 Å². The van der Waals surface area contributed by atoms with Crippen LogP contribution in [0.4, 0.5) is 0 Å². The number of para-hydroxylation sites is 2. The smallest absolute Gasteiger partial charge is 0.123 e. The predicted octanol–water partition coefficient (Wildman–Crippen LogP) is 3.67. The first kappa shape index (κ1) is 12.2. The van der Waals surface area contributed by atoms with Crippen molar-refractivity contribution in [2.75, 3.05) is 6.61 Å². The van der Waals surface area contributed by atoms with Crippen LogP contribution in [0.25, 0.3) is 11.0 Å². The van der Waals surface area contributed by atoms with Crippen molar-refractivity contribution in [1.82, 2.24) is 9.55 Å². The average molecular weight is 309 g/mol. The van der Waals surface area contributed by atoms with Crippen LogP contribution in [0.15, 0.2) is 24.3 Å². The lowest BCUT2D eigenvalue weighted by Crippen LogP contribution is -2.31. The van der Waals surface area contributed by atoms with Crippen molar-refractivity contribution in [1.29, 1.82) is 0 Å². The van der Waals surface area contributed by atoms with Crippen LogP contribution >= 0.6 is 15.9 Å². The Labute approximate surface area is 115 Å². The maximum atomic E-state index is 5.56. The van der Waals surface area contributed by atoms with E-state index in [1.807, 2.05) is 6.07 Å². The molecule has 2 aromatic rings. The predicted molar refractivity (Wildman–Crippen MR) is 76.0 cm³/mol. The fourth-order valence-electron chi connectivity index (χ4n) is 2.34. The summed E-state index contributed by atoms with van der Waals surface area (Å²) in [5.41, 5.74) is 2.28. The molecule has 18 heavy (non-hydrogen) atoms. The summed E-state index contributed by atoms with van der Waals surface area (Å²) in [5.74, 6) is 1.12. The van der Waals surface area contributed by atoms with Gasteiger partial charge in [0.05, 0.1) is 28.5 Å². The molecule has 0 amide bonds. The van der Waals surface area contributed by atoms with E-state index in [-0.39, 0.29) is 0 Å². The van der Waals surface area contributed by atoms with Crippen molar-refractivity contribution in [3.8, 4) is 0 Å². The molecule has 96 valence electrons. The molecule has 3 nitrogen and oxygen atoms in total. The van der Waals surface area contributed by atoms with Crippen molar-refractivity contribution in [3.63, 3.8) is 0 Å². The van der Waals surface area contributed by atoms with Crippen LogP contribution in [0.5, 0.6) is 0 Å². The molecular formula is C14H17BrN2O. The molecule has 1 saturated heterocycles. The van der Waals surface area contributed by atoms with Crippen LogP contribution in [0.1, 0.15) is 30.4 Å². The summed E-state index contributed by atoms with van der Waals surface area (Å²) in [4.78, 5) is 5.07. The van der Waals surface area contributed by atoms with Gasteiger partial charge in [-0.25, -0.2) is 4.98 Å². The molecule has 1 aliphatic heterocycles. The highest BCUT2D eigenvalue weighted by molar-refractivity contribution is 9.09. The summed E-state index contributed by atoms with van der Waals surface area (Å²) in [5, 5.41) is 0. The van der Waals surface area contributed by atoms with E-state index in [1.54, 1.807) is 0 Å². The fourth-order valence-corrected chi connectivity index (χ4v) is 2.69. The molecule has 0 N–H and O–H groups in total. The Morgan fingerprint density at radius 1 is 1.50 bits per heavy atom. The van der Waals surface area contributed by atoms with Gasteiger partial charge in [0.2, 0.25) is 0 Å². The quantitative estimate of drug-likeness (QED) is 0.806. The number of imidazole rings is 1. The molecule has 2 atom stereocenters. The van der Waals surface area contributed by atoms with Crippen molar-refractivity contribution in [3.05, 3.63) is 30.1 Å². The van der Waals surface area contributed by atoms with E-state index in [9.17, 15) is 0 Å². The highest BCUT2D eigenvalue weighted by Crippen LogP contribution is 2.30. The summed E-state index contributed by atoms with van der Waals surface area (Å²) in [6.45, 7) is 3.99. The van der Waals surface area contributed by atoms with Crippen molar-refractivity contribution >= 4 is 27.0 Å². The van der Waals surface area contributed by atoms with Crippen LogP contribution in [-0.2, 0) is 11.3 Å². The Morgan fingerprint density at radius 2 is 2.28 bits per heavy atom. The summed E-state index contributed by atoms with van der Waals surface area (Å²) in [7, 11) is 0. The average Bonchev–Trinajstić information content (AvgIpc) is 2.71. The Bertz CT molecular complexity index is 548. The lowest BCUT2D eigenvalue weighted by Gasteiger charge is -2.28. The zero-order valence-corrected chi connectivity index (χ0v) is 12.1. The Balaban J connectivity index is 2.04. The van der Waals surface area contributed by atoms with Gasteiger partial charge in [-0.3, -0.25) is 0 Å². The van der Waals surface area contributed by atoms with Gasteiger partial charge in [-0.15, -0.1) is 0 Å². The molecule has 1 aliphatic rings. The topological polar surface area (TPSA) is 27.1 Å². The summed E-state index contributed by atoms with van der Waals surface area (Å²) in [6, 6.07) is 8.33. The molecule has 1 fully saturated rings. The van der Waals surface area contributed by atoms with Crippen LogP contribution in [0.2, 0.25) is 0 Å². The lowest BCUT2D eigenvalue weighted by atomic mass is 10.2. The highest BCUT2D eigenvalue weighted by atomic mass is 79.9. The minimum absolute atomic E-state index is 0.310. The number of hydrogen-bond donors (Lipinski definition) is 0.